The molecule has 0 saturated heterocycles. The minimum absolute atomic E-state index is 0. The van der Waals surface area contributed by atoms with Crippen LogP contribution < -0.4 is 37.2 Å². The molecule has 0 aromatic carbocycles. The van der Waals surface area contributed by atoms with Crippen LogP contribution in [0.5, 0.6) is 0 Å². The third kappa shape index (κ3) is 6.27. The van der Waals surface area contributed by atoms with Gasteiger partial charge in [0.05, 0.1) is 11.4 Å². The molecule has 0 saturated carbocycles. The van der Waals surface area contributed by atoms with E-state index in [0.29, 0.717) is 11.7 Å². The molecule has 2 aliphatic heterocycles. The van der Waals surface area contributed by atoms with E-state index < -0.39 is 0 Å². The van der Waals surface area contributed by atoms with Gasteiger partial charge in [0, 0.05) is 0 Å². The Kier molecular flexibility index (Phi) is 11.9. The van der Waals surface area contributed by atoms with Gasteiger partial charge in [-0.1, -0.05) is 57.1 Å². The SMILES string of the molecule is CCCC1=CC2=NC(c3cccc(C4=NC5C=CC(CCC)=CC5=N4)n3)=NC2C=C1.[Cl-].[Cl-].[Cl-].[V+3]. The number of aliphatic imine (C=N–C) groups is 4. The third-order valence-corrected chi connectivity index (χ3v) is 5.54. The Morgan fingerprint density at radius 3 is 1.56 bits per heavy atom. The number of nitrogens with zero attached hydrogens (tertiary/aromatic N) is 5. The topological polar surface area (TPSA) is 62.3 Å². The summed E-state index contributed by atoms with van der Waals surface area (Å²) in [7, 11) is 0. The summed E-state index contributed by atoms with van der Waals surface area (Å²) >= 11 is 0. The summed E-state index contributed by atoms with van der Waals surface area (Å²) in [5.41, 5.74) is 6.17. The van der Waals surface area contributed by atoms with E-state index in [-0.39, 0.29) is 67.9 Å². The number of amidine groups is 2. The number of hydrogen-bond donors (Lipinski definition) is 0. The van der Waals surface area contributed by atoms with Gasteiger partial charge in [0.15, 0.2) is 11.7 Å². The summed E-state index contributed by atoms with van der Waals surface area (Å²) in [6.45, 7) is 4.38. The second kappa shape index (κ2) is 13.4. The standard InChI is InChI=1S/C25H25N5.3ClH.V/c1-3-6-16-10-12-18-22(14-16)29-24(27-18)20-8-5-9-21(26-20)25-28-19-13-11-17(7-4-2)15-23(19)30-25;;;;/h5,8-15,18-19H,3-4,6-7H2,1-2H3;3*1H;/q;;;;+3/p-3. The van der Waals surface area contributed by atoms with Crippen LogP contribution in [0.1, 0.15) is 50.9 Å². The van der Waals surface area contributed by atoms with Crippen LogP contribution >= 0.6 is 0 Å². The van der Waals surface area contributed by atoms with Crippen LogP contribution in [0.25, 0.3) is 0 Å². The third-order valence-electron chi connectivity index (χ3n) is 5.54. The minimum atomic E-state index is 0. The molecule has 0 radical (unpaired) electrons. The molecule has 0 spiro atoms. The fourth-order valence-corrected chi connectivity index (χ4v) is 4.07. The van der Waals surface area contributed by atoms with E-state index in [4.69, 9.17) is 25.0 Å². The monoisotopic (exact) mass is 551 g/mol. The van der Waals surface area contributed by atoms with Gasteiger partial charge < -0.3 is 37.2 Å². The van der Waals surface area contributed by atoms with Gasteiger partial charge >= 0.3 is 18.6 Å². The first kappa shape index (κ1) is 30.3. The quantitative estimate of drug-likeness (QED) is 0.353. The Hall–Kier alpha value is -1.76. The van der Waals surface area contributed by atoms with Gasteiger partial charge in [0.25, 0.3) is 0 Å². The van der Waals surface area contributed by atoms with Crippen molar-refractivity contribution in [2.45, 2.75) is 51.6 Å². The van der Waals surface area contributed by atoms with Crippen LogP contribution in [0.3, 0.4) is 0 Å². The molecule has 2 aliphatic carbocycles. The molecule has 0 N–H and O–H groups in total. The molecule has 2 atom stereocenters. The minimum Gasteiger partial charge on any atom is -1.00 e. The Balaban J connectivity index is 0.00000144. The van der Waals surface area contributed by atoms with Crippen LogP contribution in [0.2, 0.25) is 0 Å². The van der Waals surface area contributed by atoms with Crippen molar-refractivity contribution in [2.24, 2.45) is 20.0 Å². The first-order valence-corrected chi connectivity index (χ1v) is 10.8. The Morgan fingerprint density at radius 2 is 1.15 bits per heavy atom. The number of allylic oxidation sites excluding steroid dienone is 4. The van der Waals surface area contributed by atoms with Crippen molar-refractivity contribution in [2.75, 3.05) is 0 Å². The van der Waals surface area contributed by atoms with Crippen LogP contribution in [0, 0.1) is 0 Å². The number of aromatic nitrogens is 1. The zero-order chi connectivity index (χ0) is 20.5. The molecule has 4 aliphatic rings. The molecule has 0 amide bonds. The van der Waals surface area contributed by atoms with Crippen LogP contribution in [0.15, 0.2) is 85.8 Å². The van der Waals surface area contributed by atoms with E-state index in [1.54, 1.807) is 0 Å². The van der Waals surface area contributed by atoms with Crippen molar-refractivity contribution in [1.82, 2.24) is 4.98 Å². The van der Waals surface area contributed by atoms with Crippen molar-refractivity contribution in [1.29, 1.82) is 0 Å². The summed E-state index contributed by atoms with van der Waals surface area (Å²) in [6, 6.07) is 5.91. The molecule has 176 valence electrons. The van der Waals surface area contributed by atoms with Gasteiger partial charge in [-0.15, -0.1) is 0 Å². The average molecular weight is 553 g/mol. The normalized spacial score (nSPS) is 21.0. The van der Waals surface area contributed by atoms with E-state index in [1.165, 1.54) is 11.1 Å². The first-order chi connectivity index (χ1) is 14.7. The molecule has 1 aromatic rings. The van der Waals surface area contributed by atoms with Gasteiger partial charge in [-0.05, 0) is 48.3 Å². The molecule has 2 unspecified atom stereocenters. The van der Waals surface area contributed by atoms with Crippen molar-refractivity contribution in [3.05, 3.63) is 77.2 Å². The second-order valence-electron chi connectivity index (χ2n) is 7.93. The average Bonchev–Trinajstić information content (AvgIpc) is 3.38. The summed E-state index contributed by atoms with van der Waals surface area (Å²) < 4.78 is 0. The molecular weight excluding hydrogens is 528 g/mol. The molecule has 5 nitrogen and oxygen atoms in total. The maximum Gasteiger partial charge on any atom is 3.00 e. The molecular formula is C25H25Cl3N5V. The van der Waals surface area contributed by atoms with Gasteiger partial charge in [-0.2, -0.15) is 0 Å². The van der Waals surface area contributed by atoms with Crippen molar-refractivity contribution >= 4 is 23.1 Å². The van der Waals surface area contributed by atoms with Crippen LogP contribution in [-0.2, 0) is 18.6 Å². The summed E-state index contributed by atoms with van der Waals surface area (Å²) in [5.74, 6) is 1.37. The van der Waals surface area contributed by atoms with Crippen LogP contribution in [0.4, 0.5) is 0 Å². The van der Waals surface area contributed by atoms with E-state index in [1.807, 2.05) is 18.2 Å². The van der Waals surface area contributed by atoms with E-state index in [9.17, 15) is 0 Å². The van der Waals surface area contributed by atoms with Gasteiger partial charge in [0.1, 0.15) is 23.5 Å². The zero-order valence-electron chi connectivity index (χ0n) is 19.0. The molecule has 0 fully saturated rings. The van der Waals surface area contributed by atoms with E-state index >= 15 is 0 Å². The van der Waals surface area contributed by atoms with Crippen molar-refractivity contribution in [3.63, 3.8) is 0 Å². The first-order valence-electron chi connectivity index (χ1n) is 10.8. The van der Waals surface area contributed by atoms with Crippen molar-refractivity contribution < 1.29 is 55.8 Å². The van der Waals surface area contributed by atoms with Gasteiger partial charge in [-0.3, -0.25) is 9.98 Å². The molecule has 34 heavy (non-hydrogen) atoms. The van der Waals surface area contributed by atoms with Gasteiger partial charge in [-0.25, -0.2) is 15.0 Å². The number of halogens is 3. The zero-order valence-corrected chi connectivity index (χ0v) is 22.7. The summed E-state index contributed by atoms with van der Waals surface area (Å²) in [6.07, 6.45) is 17.3. The molecule has 1 aromatic heterocycles. The van der Waals surface area contributed by atoms with E-state index in [0.717, 1.165) is 48.5 Å². The fourth-order valence-electron chi connectivity index (χ4n) is 4.07. The Bertz CT molecular complexity index is 1060. The predicted molar refractivity (Wildman–Crippen MR) is 124 cm³/mol. The summed E-state index contributed by atoms with van der Waals surface area (Å²) in [4.78, 5) is 23.9. The number of pyridine rings is 1. The van der Waals surface area contributed by atoms with Crippen LogP contribution in [-0.4, -0.2) is 40.2 Å². The van der Waals surface area contributed by atoms with Crippen molar-refractivity contribution in [3.8, 4) is 0 Å². The Morgan fingerprint density at radius 1 is 0.706 bits per heavy atom. The van der Waals surface area contributed by atoms with E-state index in [2.05, 4.69) is 50.3 Å². The smallest absolute Gasteiger partial charge is 1.00 e. The number of hydrogen-bond acceptors (Lipinski definition) is 5. The molecule has 3 heterocycles. The van der Waals surface area contributed by atoms with Gasteiger partial charge in [0.2, 0.25) is 0 Å². The molecule has 5 rings (SSSR count). The Labute approximate surface area is 231 Å². The maximum absolute atomic E-state index is 4.80. The second-order valence-corrected chi connectivity index (χ2v) is 7.93. The number of fused-ring (bicyclic) bond motifs is 2. The fraction of sp³-hybridized carbons (Fsp3) is 0.320. The maximum atomic E-state index is 4.80. The largest absolute Gasteiger partial charge is 3.00 e. The predicted octanol–water partition coefficient (Wildman–Crippen LogP) is -4.18. The molecule has 0 bridgehead atoms. The summed E-state index contributed by atoms with van der Waals surface area (Å²) in [5, 5.41) is 0. The number of rotatable bonds is 6. The molecule has 9 heteroatoms.